The van der Waals surface area contributed by atoms with Crippen LogP contribution in [0.5, 0.6) is 0 Å². The third-order valence-electron chi connectivity index (χ3n) is 4.52. The smallest absolute Gasteiger partial charge is 0.261 e. The molecular formula is C23H24FN3O3S2. The summed E-state index contributed by atoms with van der Waals surface area (Å²) in [5.74, 6) is -0.637. The first-order valence-electron chi connectivity index (χ1n) is 10.2. The molecule has 0 fully saturated rings. The standard InChI is InChI=1S/C23H24FN3O3S2/c1-2-3-4-15-25-23(28)17-5-14-22(26-16-17)31-20-10-8-19(9-11-20)27-32(29,30)21-12-6-18(24)7-13-21/h5-14,16,27H,2-4,15H2,1H3,(H,25,28). The van der Waals surface area contributed by atoms with Crippen molar-refractivity contribution in [2.45, 2.75) is 41.0 Å². The molecule has 168 valence electrons. The third kappa shape index (κ3) is 6.80. The molecule has 3 rings (SSSR count). The van der Waals surface area contributed by atoms with Gasteiger partial charge in [-0.15, -0.1) is 0 Å². The predicted octanol–water partition coefficient (Wildman–Crippen LogP) is 5.09. The minimum atomic E-state index is -3.80. The molecule has 1 heterocycles. The van der Waals surface area contributed by atoms with Crippen LogP contribution in [0.3, 0.4) is 0 Å². The van der Waals surface area contributed by atoms with Crippen molar-refractivity contribution in [3.05, 3.63) is 78.2 Å². The molecule has 0 unspecified atom stereocenters. The number of benzene rings is 2. The Balaban J connectivity index is 1.57. The van der Waals surface area contributed by atoms with E-state index >= 15 is 0 Å². The zero-order chi connectivity index (χ0) is 23.0. The highest BCUT2D eigenvalue weighted by molar-refractivity contribution is 7.99. The van der Waals surface area contributed by atoms with E-state index in [0.717, 1.165) is 36.3 Å². The summed E-state index contributed by atoms with van der Waals surface area (Å²) in [6.45, 7) is 2.77. The maximum absolute atomic E-state index is 13.0. The van der Waals surface area contributed by atoms with Gasteiger partial charge in [0.05, 0.1) is 10.5 Å². The molecule has 1 aromatic heterocycles. The van der Waals surface area contributed by atoms with E-state index in [9.17, 15) is 17.6 Å². The Hall–Kier alpha value is -2.91. The Morgan fingerprint density at radius 3 is 2.34 bits per heavy atom. The van der Waals surface area contributed by atoms with Gasteiger partial charge in [-0.2, -0.15) is 0 Å². The Labute approximate surface area is 191 Å². The Morgan fingerprint density at radius 1 is 1.00 bits per heavy atom. The number of aromatic nitrogens is 1. The van der Waals surface area contributed by atoms with Crippen molar-refractivity contribution in [2.24, 2.45) is 0 Å². The van der Waals surface area contributed by atoms with Crippen LogP contribution in [0.4, 0.5) is 10.1 Å². The van der Waals surface area contributed by atoms with Crippen LogP contribution < -0.4 is 10.0 Å². The number of amides is 1. The van der Waals surface area contributed by atoms with Crippen LogP contribution in [0.2, 0.25) is 0 Å². The summed E-state index contributed by atoms with van der Waals surface area (Å²) in [5, 5.41) is 3.60. The molecule has 0 saturated heterocycles. The highest BCUT2D eigenvalue weighted by Crippen LogP contribution is 2.27. The first-order chi connectivity index (χ1) is 15.4. The molecule has 0 atom stereocenters. The third-order valence-corrected chi connectivity index (χ3v) is 6.87. The van der Waals surface area contributed by atoms with E-state index in [4.69, 9.17) is 0 Å². The lowest BCUT2D eigenvalue weighted by Crippen LogP contribution is -2.24. The molecule has 1 amide bonds. The second-order valence-electron chi connectivity index (χ2n) is 7.03. The number of hydrogen-bond donors (Lipinski definition) is 2. The quantitative estimate of drug-likeness (QED) is 0.400. The highest BCUT2D eigenvalue weighted by Gasteiger charge is 2.14. The van der Waals surface area contributed by atoms with E-state index in [-0.39, 0.29) is 10.8 Å². The van der Waals surface area contributed by atoms with Crippen molar-refractivity contribution in [1.29, 1.82) is 0 Å². The number of unbranched alkanes of at least 4 members (excludes halogenated alkanes) is 2. The molecule has 32 heavy (non-hydrogen) atoms. The van der Waals surface area contributed by atoms with Gasteiger partial charge in [0.25, 0.3) is 15.9 Å². The summed E-state index contributed by atoms with van der Waals surface area (Å²) in [6.07, 6.45) is 4.69. The molecule has 0 bridgehead atoms. The van der Waals surface area contributed by atoms with Crippen LogP contribution in [-0.2, 0) is 10.0 Å². The Kier molecular flexibility index (Phi) is 8.24. The van der Waals surface area contributed by atoms with Gasteiger partial charge in [0.2, 0.25) is 0 Å². The van der Waals surface area contributed by atoms with Crippen LogP contribution in [0.15, 0.2) is 81.7 Å². The van der Waals surface area contributed by atoms with Crippen molar-refractivity contribution < 1.29 is 17.6 Å². The molecule has 0 radical (unpaired) electrons. The van der Waals surface area contributed by atoms with Gasteiger partial charge in [-0.25, -0.2) is 17.8 Å². The number of nitrogens with one attached hydrogen (secondary N) is 2. The SMILES string of the molecule is CCCCCNC(=O)c1ccc(Sc2ccc(NS(=O)(=O)c3ccc(F)cc3)cc2)nc1. The first-order valence-corrected chi connectivity index (χ1v) is 12.5. The van der Waals surface area contributed by atoms with Crippen molar-refractivity contribution in [1.82, 2.24) is 10.3 Å². The van der Waals surface area contributed by atoms with Crippen LogP contribution >= 0.6 is 11.8 Å². The fourth-order valence-electron chi connectivity index (χ4n) is 2.79. The van der Waals surface area contributed by atoms with Gasteiger partial charge < -0.3 is 5.32 Å². The van der Waals surface area contributed by atoms with Gasteiger partial charge in [-0.1, -0.05) is 31.5 Å². The average molecular weight is 474 g/mol. The van der Waals surface area contributed by atoms with Crippen molar-refractivity contribution in [3.8, 4) is 0 Å². The normalized spacial score (nSPS) is 11.2. The fourth-order valence-corrected chi connectivity index (χ4v) is 4.61. The second-order valence-corrected chi connectivity index (χ2v) is 9.81. The molecule has 3 aromatic rings. The molecule has 9 heteroatoms. The van der Waals surface area contributed by atoms with Crippen molar-refractivity contribution in [2.75, 3.05) is 11.3 Å². The molecular weight excluding hydrogens is 449 g/mol. The molecule has 2 aromatic carbocycles. The zero-order valence-corrected chi connectivity index (χ0v) is 19.2. The zero-order valence-electron chi connectivity index (χ0n) is 17.5. The lowest BCUT2D eigenvalue weighted by Gasteiger charge is -2.09. The number of nitrogens with zero attached hydrogens (tertiary/aromatic N) is 1. The molecule has 0 aliphatic rings. The summed E-state index contributed by atoms with van der Waals surface area (Å²) in [4.78, 5) is 17.3. The van der Waals surface area contributed by atoms with Gasteiger partial charge in [-0.05, 0) is 67.1 Å². The topological polar surface area (TPSA) is 88.2 Å². The molecule has 6 nitrogen and oxygen atoms in total. The van der Waals surface area contributed by atoms with Gasteiger partial charge in [0.15, 0.2) is 0 Å². The van der Waals surface area contributed by atoms with E-state index in [1.807, 2.05) is 0 Å². The molecule has 2 N–H and O–H groups in total. The maximum Gasteiger partial charge on any atom is 0.261 e. The minimum absolute atomic E-state index is 0.0176. The van der Waals surface area contributed by atoms with Gasteiger partial charge in [0, 0.05) is 23.3 Å². The van der Waals surface area contributed by atoms with Crippen molar-refractivity contribution >= 4 is 33.4 Å². The summed E-state index contributed by atoms with van der Waals surface area (Å²) < 4.78 is 40.3. The fraction of sp³-hybridized carbons (Fsp3) is 0.217. The second kappa shape index (κ2) is 11.1. The summed E-state index contributed by atoms with van der Waals surface area (Å²) in [6, 6.07) is 14.9. The number of rotatable bonds is 10. The molecule has 0 saturated carbocycles. The Morgan fingerprint density at radius 2 is 1.72 bits per heavy atom. The minimum Gasteiger partial charge on any atom is -0.352 e. The molecule has 0 aliphatic heterocycles. The van der Waals surface area contributed by atoms with Gasteiger partial charge >= 0.3 is 0 Å². The van der Waals surface area contributed by atoms with Crippen LogP contribution in [0.1, 0.15) is 36.5 Å². The predicted molar refractivity (Wildman–Crippen MR) is 124 cm³/mol. The van der Waals surface area contributed by atoms with E-state index < -0.39 is 15.8 Å². The highest BCUT2D eigenvalue weighted by atomic mass is 32.2. The number of halogens is 1. The lowest BCUT2D eigenvalue weighted by atomic mass is 10.2. The number of hydrogen-bond acceptors (Lipinski definition) is 5. The summed E-state index contributed by atoms with van der Waals surface area (Å²) in [7, 11) is -3.80. The van der Waals surface area contributed by atoms with E-state index in [2.05, 4.69) is 21.9 Å². The van der Waals surface area contributed by atoms with Crippen LogP contribution in [-0.4, -0.2) is 25.9 Å². The number of carbonyl (C=O) groups excluding carboxylic acids is 1. The van der Waals surface area contributed by atoms with Crippen molar-refractivity contribution in [3.63, 3.8) is 0 Å². The molecule has 0 spiro atoms. The van der Waals surface area contributed by atoms with Gasteiger partial charge in [-0.3, -0.25) is 9.52 Å². The van der Waals surface area contributed by atoms with E-state index in [1.54, 1.807) is 42.6 Å². The summed E-state index contributed by atoms with van der Waals surface area (Å²) in [5.41, 5.74) is 0.901. The maximum atomic E-state index is 13.0. The Bertz CT molecular complexity index is 1130. The average Bonchev–Trinajstić information content (AvgIpc) is 2.78. The monoisotopic (exact) mass is 473 g/mol. The van der Waals surface area contributed by atoms with E-state index in [1.165, 1.54) is 23.9 Å². The summed E-state index contributed by atoms with van der Waals surface area (Å²) >= 11 is 1.40. The van der Waals surface area contributed by atoms with Crippen LogP contribution in [0.25, 0.3) is 0 Å². The lowest BCUT2D eigenvalue weighted by molar-refractivity contribution is 0.0952. The number of carbonyl (C=O) groups is 1. The number of pyridine rings is 1. The van der Waals surface area contributed by atoms with E-state index in [0.29, 0.717) is 22.8 Å². The number of anilines is 1. The first kappa shape index (κ1) is 23.7. The largest absolute Gasteiger partial charge is 0.352 e. The van der Waals surface area contributed by atoms with Gasteiger partial charge in [0.1, 0.15) is 10.8 Å². The number of sulfonamides is 1. The van der Waals surface area contributed by atoms with Crippen LogP contribution in [0, 0.1) is 5.82 Å². The molecule has 0 aliphatic carbocycles.